The number of carbonyl (C=O) groups is 2. The molecule has 2 atom stereocenters. The molecule has 1 N–H and O–H groups in total. The molecule has 3 rings (SSSR count). The summed E-state index contributed by atoms with van der Waals surface area (Å²) < 4.78 is 37.0. The lowest BCUT2D eigenvalue weighted by Gasteiger charge is -2.25. The van der Waals surface area contributed by atoms with E-state index in [9.17, 15) is 27.9 Å². The van der Waals surface area contributed by atoms with Gasteiger partial charge in [0.2, 0.25) is 5.91 Å². The maximum Gasteiger partial charge on any atom is 0.390 e. The summed E-state index contributed by atoms with van der Waals surface area (Å²) in [5, 5.41) is 9.58. The highest BCUT2D eigenvalue weighted by atomic mass is 19.4. The highest BCUT2D eigenvalue weighted by molar-refractivity contribution is 5.92. The average molecular weight is 320 g/mol. The molecule has 2 saturated heterocycles. The number of carboxylic acid groups (broad SMARTS) is 1. The van der Waals surface area contributed by atoms with Crippen LogP contribution in [0.3, 0.4) is 0 Å². The van der Waals surface area contributed by atoms with Gasteiger partial charge in [-0.15, -0.1) is 0 Å². The molecule has 3 aliphatic rings. The molecule has 0 aromatic carbocycles. The van der Waals surface area contributed by atoms with Crippen LogP contribution in [-0.4, -0.2) is 65.7 Å². The van der Waals surface area contributed by atoms with Crippen molar-refractivity contribution >= 4 is 11.9 Å². The minimum Gasteiger partial charge on any atom is -0.481 e. The summed E-state index contributed by atoms with van der Waals surface area (Å²) >= 11 is 0. The van der Waals surface area contributed by atoms with E-state index in [0.29, 0.717) is 12.5 Å². The molecule has 0 bridgehead atoms. The monoisotopic (exact) mass is 320 g/mol. The van der Waals surface area contributed by atoms with E-state index < -0.39 is 29.9 Å². The van der Waals surface area contributed by atoms with E-state index in [-0.39, 0.29) is 32.1 Å². The summed E-state index contributed by atoms with van der Waals surface area (Å²) in [5.74, 6) is -1.52. The molecule has 0 spiro atoms. The Morgan fingerprint density at radius 3 is 2.50 bits per heavy atom. The molecule has 22 heavy (non-hydrogen) atoms. The quantitative estimate of drug-likeness (QED) is 0.827. The summed E-state index contributed by atoms with van der Waals surface area (Å²) in [6.07, 6.45) is -3.12. The highest BCUT2D eigenvalue weighted by Gasteiger charge is 2.62. The molecular weight excluding hydrogens is 301 g/mol. The van der Waals surface area contributed by atoms with E-state index >= 15 is 0 Å². The van der Waals surface area contributed by atoms with E-state index in [4.69, 9.17) is 0 Å². The molecular formula is C14H19F3N2O3. The number of carbonyl (C=O) groups excluding carboxylic acids is 1. The molecule has 5 nitrogen and oxygen atoms in total. The zero-order valence-electron chi connectivity index (χ0n) is 12.1. The molecule has 2 aliphatic heterocycles. The van der Waals surface area contributed by atoms with Crippen LogP contribution in [0.15, 0.2) is 0 Å². The molecule has 0 unspecified atom stereocenters. The zero-order chi connectivity index (χ0) is 16.1. The van der Waals surface area contributed by atoms with Gasteiger partial charge in [-0.25, -0.2) is 0 Å². The number of hydrogen-bond donors (Lipinski definition) is 1. The summed E-state index contributed by atoms with van der Waals surface area (Å²) in [6, 6.07) is 0. The van der Waals surface area contributed by atoms with Crippen LogP contribution >= 0.6 is 0 Å². The third-order valence-corrected chi connectivity index (χ3v) is 5.01. The smallest absolute Gasteiger partial charge is 0.390 e. The van der Waals surface area contributed by atoms with Crippen LogP contribution in [0.4, 0.5) is 13.2 Å². The Balaban J connectivity index is 1.69. The standard InChI is InChI=1S/C14H19F3N2O3/c15-14(16,17)3-4-18-6-10-11(20)19(5-9-1-2-9)8-13(10,7-18)12(21)22/h9-10H,1-8H2,(H,21,22)/t10-,13-/m0/s1. The van der Waals surface area contributed by atoms with Crippen LogP contribution in [0.1, 0.15) is 19.3 Å². The Kier molecular flexibility index (Phi) is 3.62. The Labute approximate surface area is 126 Å². The van der Waals surface area contributed by atoms with Gasteiger partial charge in [-0.05, 0) is 18.8 Å². The van der Waals surface area contributed by atoms with Crippen molar-refractivity contribution in [1.82, 2.24) is 9.80 Å². The van der Waals surface area contributed by atoms with Gasteiger partial charge in [0.15, 0.2) is 0 Å². The van der Waals surface area contributed by atoms with Crippen molar-refractivity contribution in [2.75, 3.05) is 32.7 Å². The molecule has 1 amide bonds. The number of likely N-dealkylation sites (tertiary alicyclic amines) is 2. The average Bonchev–Trinajstić information content (AvgIpc) is 3.07. The summed E-state index contributed by atoms with van der Waals surface area (Å²) in [7, 11) is 0. The Morgan fingerprint density at radius 2 is 2.00 bits per heavy atom. The van der Waals surface area contributed by atoms with Gasteiger partial charge in [0, 0.05) is 32.7 Å². The minimum absolute atomic E-state index is 0.0238. The normalized spacial score (nSPS) is 32.6. The Bertz CT molecular complexity index is 492. The molecule has 8 heteroatoms. The molecule has 1 saturated carbocycles. The van der Waals surface area contributed by atoms with Crippen LogP contribution in [0, 0.1) is 17.3 Å². The van der Waals surface area contributed by atoms with Gasteiger partial charge in [-0.3, -0.25) is 9.59 Å². The zero-order valence-corrected chi connectivity index (χ0v) is 12.1. The predicted octanol–water partition coefficient (Wildman–Crippen LogP) is 1.19. The van der Waals surface area contributed by atoms with Crippen molar-refractivity contribution in [3.63, 3.8) is 0 Å². The fourth-order valence-corrected chi connectivity index (χ4v) is 3.63. The molecule has 0 aromatic rings. The fourth-order valence-electron chi connectivity index (χ4n) is 3.63. The van der Waals surface area contributed by atoms with Crippen molar-refractivity contribution in [3.05, 3.63) is 0 Å². The third kappa shape index (κ3) is 2.80. The lowest BCUT2D eigenvalue weighted by atomic mass is 9.81. The van der Waals surface area contributed by atoms with Gasteiger partial charge >= 0.3 is 12.1 Å². The second-order valence-electron chi connectivity index (χ2n) is 6.78. The SMILES string of the molecule is O=C1[C@@H]2CN(CCC(F)(F)F)C[C@]2(C(=O)O)CN1CC1CC1. The van der Waals surface area contributed by atoms with E-state index in [2.05, 4.69) is 0 Å². The second-order valence-corrected chi connectivity index (χ2v) is 6.78. The summed E-state index contributed by atoms with van der Waals surface area (Å²) in [5.41, 5.74) is -1.24. The van der Waals surface area contributed by atoms with Gasteiger partial charge in [0.25, 0.3) is 0 Å². The molecule has 124 valence electrons. The van der Waals surface area contributed by atoms with Crippen molar-refractivity contribution < 1.29 is 27.9 Å². The van der Waals surface area contributed by atoms with Gasteiger partial charge < -0.3 is 14.9 Å². The minimum atomic E-state index is -4.27. The first-order chi connectivity index (χ1) is 10.2. The second kappa shape index (κ2) is 5.11. The number of halogens is 3. The third-order valence-electron chi connectivity index (χ3n) is 5.01. The largest absolute Gasteiger partial charge is 0.481 e. The van der Waals surface area contributed by atoms with E-state index in [1.807, 2.05) is 0 Å². The molecule has 1 aliphatic carbocycles. The number of amides is 1. The Morgan fingerprint density at radius 1 is 1.32 bits per heavy atom. The number of carboxylic acids is 1. The predicted molar refractivity (Wildman–Crippen MR) is 70.0 cm³/mol. The number of rotatable bonds is 5. The lowest BCUT2D eigenvalue weighted by Crippen LogP contribution is -2.41. The first kappa shape index (κ1) is 15.6. The summed E-state index contributed by atoms with van der Waals surface area (Å²) in [4.78, 5) is 27.2. The van der Waals surface area contributed by atoms with Crippen LogP contribution < -0.4 is 0 Å². The molecule has 3 fully saturated rings. The topological polar surface area (TPSA) is 60.9 Å². The van der Waals surface area contributed by atoms with Gasteiger partial charge in [-0.1, -0.05) is 0 Å². The van der Waals surface area contributed by atoms with E-state index in [1.165, 1.54) is 4.90 Å². The summed E-state index contributed by atoms with van der Waals surface area (Å²) in [6.45, 7) is 0.612. The molecule has 0 aromatic heterocycles. The van der Waals surface area contributed by atoms with Crippen molar-refractivity contribution in [1.29, 1.82) is 0 Å². The maximum absolute atomic E-state index is 12.4. The van der Waals surface area contributed by atoms with E-state index in [0.717, 1.165) is 12.8 Å². The highest BCUT2D eigenvalue weighted by Crippen LogP contribution is 2.45. The van der Waals surface area contributed by atoms with Crippen LogP contribution in [-0.2, 0) is 9.59 Å². The number of fused-ring (bicyclic) bond motifs is 1. The number of aliphatic carboxylic acids is 1. The van der Waals surface area contributed by atoms with Crippen LogP contribution in [0.25, 0.3) is 0 Å². The van der Waals surface area contributed by atoms with Crippen molar-refractivity contribution in [3.8, 4) is 0 Å². The number of nitrogens with zero attached hydrogens (tertiary/aromatic N) is 2. The Hall–Kier alpha value is -1.31. The molecule has 2 heterocycles. The van der Waals surface area contributed by atoms with E-state index in [1.54, 1.807) is 4.90 Å². The molecule has 0 radical (unpaired) electrons. The number of alkyl halides is 3. The first-order valence-corrected chi connectivity index (χ1v) is 7.52. The van der Waals surface area contributed by atoms with Crippen LogP contribution in [0.5, 0.6) is 0 Å². The lowest BCUT2D eigenvalue weighted by molar-refractivity contribution is -0.150. The number of hydrogen-bond acceptors (Lipinski definition) is 3. The fraction of sp³-hybridized carbons (Fsp3) is 0.857. The van der Waals surface area contributed by atoms with Crippen molar-refractivity contribution in [2.45, 2.75) is 25.4 Å². The first-order valence-electron chi connectivity index (χ1n) is 7.52. The van der Waals surface area contributed by atoms with Crippen LogP contribution in [0.2, 0.25) is 0 Å². The van der Waals surface area contributed by atoms with Gasteiger partial charge in [0.1, 0.15) is 5.41 Å². The van der Waals surface area contributed by atoms with Crippen molar-refractivity contribution in [2.24, 2.45) is 17.3 Å². The van der Waals surface area contributed by atoms with Gasteiger partial charge in [-0.2, -0.15) is 13.2 Å². The maximum atomic E-state index is 12.4. The van der Waals surface area contributed by atoms with Gasteiger partial charge in [0.05, 0.1) is 12.3 Å².